The summed E-state index contributed by atoms with van der Waals surface area (Å²) in [7, 11) is 0. The van der Waals surface area contributed by atoms with Crippen LogP contribution in [0, 0.1) is 20.7 Å². The first kappa shape index (κ1) is 14.0. The van der Waals surface area contributed by atoms with Crippen molar-refractivity contribution in [3.8, 4) is 11.9 Å². The van der Waals surface area contributed by atoms with Crippen LogP contribution in [-0.4, -0.2) is 4.98 Å². The average molecular weight is 389 g/mol. The van der Waals surface area contributed by atoms with Gasteiger partial charge in [-0.1, -0.05) is 17.7 Å². The zero-order valence-corrected chi connectivity index (χ0v) is 12.4. The highest BCUT2D eigenvalue weighted by atomic mass is 127. The van der Waals surface area contributed by atoms with Crippen LogP contribution in [0.4, 0.5) is 4.39 Å². The Morgan fingerprint density at radius 2 is 2.16 bits per heavy atom. The molecule has 1 aromatic carbocycles. The standard InChI is InChI=1S/C13H7ClFIN2O/c14-12-4-10(16)5-13(18-12)19-7-9-2-1-8(6-17)3-11(9)15/h1-5H,7H2. The maximum atomic E-state index is 13.6. The summed E-state index contributed by atoms with van der Waals surface area (Å²) >= 11 is 7.88. The van der Waals surface area contributed by atoms with Crippen LogP contribution in [0.3, 0.4) is 0 Å². The van der Waals surface area contributed by atoms with Gasteiger partial charge >= 0.3 is 0 Å². The molecule has 0 N–H and O–H groups in total. The zero-order chi connectivity index (χ0) is 13.8. The molecule has 0 aliphatic carbocycles. The maximum absolute atomic E-state index is 13.6. The normalized spacial score (nSPS) is 10.0. The van der Waals surface area contributed by atoms with Gasteiger partial charge in [0.25, 0.3) is 0 Å². The topological polar surface area (TPSA) is 45.9 Å². The van der Waals surface area contributed by atoms with Crippen molar-refractivity contribution in [2.75, 3.05) is 0 Å². The Morgan fingerprint density at radius 1 is 1.37 bits per heavy atom. The molecule has 96 valence electrons. The van der Waals surface area contributed by atoms with Gasteiger partial charge in [0, 0.05) is 15.2 Å². The number of halogens is 3. The molecule has 2 rings (SSSR count). The van der Waals surface area contributed by atoms with Crippen molar-refractivity contribution in [2.45, 2.75) is 6.61 Å². The molecule has 1 heterocycles. The minimum Gasteiger partial charge on any atom is -0.473 e. The molecule has 0 saturated carbocycles. The molecule has 0 spiro atoms. The van der Waals surface area contributed by atoms with E-state index in [9.17, 15) is 4.39 Å². The Kier molecular flexibility index (Phi) is 4.56. The van der Waals surface area contributed by atoms with Crippen LogP contribution in [0.1, 0.15) is 11.1 Å². The zero-order valence-electron chi connectivity index (χ0n) is 9.53. The molecule has 0 unspecified atom stereocenters. The quantitative estimate of drug-likeness (QED) is 0.591. The Bertz CT molecular complexity index is 637. The predicted octanol–water partition coefficient (Wildman–Crippen LogP) is 3.93. The first-order valence-electron chi connectivity index (χ1n) is 5.23. The third-order valence-corrected chi connectivity index (χ3v) is 3.11. The summed E-state index contributed by atoms with van der Waals surface area (Å²) < 4.78 is 19.9. The van der Waals surface area contributed by atoms with Crippen molar-refractivity contribution in [3.63, 3.8) is 0 Å². The fraction of sp³-hybridized carbons (Fsp3) is 0.0769. The number of hydrogen-bond acceptors (Lipinski definition) is 3. The molecule has 0 atom stereocenters. The molecule has 19 heavy (non-hydrogen) atoms. The fourth-order valence-corrected chi connectivity index (χ4v) is 2.35. The molecule has 1 aromatic heterocycles. The number of pyridine rings is 1. The lowest BCUT2D eigenvalue weighted by Crippen LogP contribution is -2.00. The van der Waals surface area contributed by atoms with E-state index in [-0.39, 0.29) is 12.2 Å². The molecule has 0 radical (unpaired) electrons. The van der Waals surface area contributed by atoms with Crippen LogP contribution >= 0.6 is 34.2 Å². The Labute approximate surface area is 128 Å². The Hall–Kier alpha value is -1.39. The molecule has 0 bridgehead atoms. The van der Waals surface area contributed by atoms with Crippen LogP contribution < -0.4 is 4.74 Å². The van der Waals surface area contributed by atoms with Gasteiger partial charge < -0.3 is 4.74 Å². The van der Waals surface area contributed by atoms with Crippen LogP contribution in [0.5, 0.6) is 5.88 Å². The maximum Gasteiger partial charge on any atom is 0.216 e. The summed E-state index contributed by atoms with van der Waals surface area (Å²) in [5.41, 5.74) is 0.632. The van der Waals surface area contributed by atoms with Crippen molar-refractivity contribution < 1.29 is 9.13 Å². The van der Waals surface area contributed by atoms with Gasteiger partial charge in [0.15, 0.2) is 0 Å². The number of rotatable bonds is 3. The van der Waals surface area contributed by atoms with Gasteiger partial charge in [-0.15, -0.1) is 0 Å². The number of nitriles is 1. The van der Waals surface area contributed by atoms with E-state index in [0.717, 1.165) is 3.57 Å². The van der Waals surface area contributed by atoms with E-state index in [1.165, 1.54) is 18.2 Å². The second kappa shape index (κ2) is 6.17. The highest BCUT2D eigenvalue weighted by Gasteiger charge is 2.06. The van der Waals surface area contributed by atoms with Crippen molar-refractivity contribution in [1.29, 1.82) is 5.26 Å². The Balaban J connectivity index is 2.12. The van der Waals surface area contributed by atoms with Gasteiger partial charge in [0.1, 0.15) is 17.6 Å². The predicted molar refractivity (Wildman–Crippen MR) is 77.4 cm³/mol. The van der Waals surface area contributed by atoms with Gasteiger partial charge in [0.05, 0.1) is 11.6 Å². The molecule has 0 saturated heterocycles. The van der Waals surface area contributed by atoms with Crippen molar-refractivity contribution in [1.82, 2.24) is 4.98 Å². The molecule has 6 heteroatoms. The highest BCUT2D eigenvalue weighted by Crippen LogP contribution is 2.19. The summed E-state index contributed by atoms with van der Waals surface area (Å²) in [6, 6.07) is 9.50. The molecule has 3 nitrogen and oxygen atoms in total. The number of aromatic nitrogens is 1. The van der Waals surface area contributed by atoms with E-state index < -0.39 is 5.82 Å². The first-order chi connectivity index (χ1) is 9.08. The van der Waals surface area contributed by atoms with E-state index in [1.807, 2.05) is 6.07 Å². The van der Waals surface area contributed by atoms with E-state index in [0.29, 0.717) is 16.6 Å². The smallest absolute Gasteiger partial charge is 0.216 e. The summed E-state index contributed by atoms with van der Waals surface area (Å²) in [5, 5.41) is 8.97. The minimum atomic E-state index is -0.476. The highest BCUT2D eigenvalue weighted by molar-refractivity contribution is 14.1. The van der Waals surface area contributed by atoms with Crippen molar-refractivity contribution in [2.24, 2.45) is 0 Å². The lowest BCUT2D eigenvalue weighted by molar-refractivity contribution is 0.288. The summed E-state index contributed by atoms with van der Waals surface area (Å²) in [4.78, 5) is 3.98. The van der Waals surface area contributed by atoms with Crippen LogP contribution in [0.15, 0.2) is 30.3 Å². The molecule has 0 aliphatic heterocycles. The lowest BCUT2D eigenvalue weighted by Gasteiger charge is -2.07. The third kappa shape index (κ3) is 3.78. The third-order valence-electron chi connectivity index (χ3n) is 2.29. The number of ether oxygens (including phenoxy) is 1. The van der Waals surface area contributed by atoms with Gasteiger partial charge in [-0.3, -0.25) is 0 Å². The Morgan fingerprint density at radius 3 is 2.79 bits per heavy atom. The van der Waals surface area contributed by atoms with Gasteiger partial charge in [0.2, 0.25) is 5.88 Å². The largest absolute Gasteiger partial charge is 0.473 e. The van der Waals surface area contributed by atoms with Gasteiger partial charge in [-0.2, -0.15) is 5.26 Å². The molecular weight excluding hydrogens is 382 g/mol. The second-order valence-electron chi connectivity index (χ2n) is 3.65. The van der Waals surface area contributed by atoms with Gasteiger partial charge in [-0.05, 0) is 40.8 Å². The molecular formula is C13H7ClFIN2O. The first-order valence-corrected chi connectivity index (χ1v) is 6.68. The average Bonchev–Trinajstić information content (AvgIpc) is 2.36. The van der Waals surface area contributed by atoms with Crippen LogP contribution in [0.25, 0.3) is 0 Å². The lowest BCUT2D eigenvalue weighted by atomic mass is 10.1. The van der Waals surface area contributed by atoms with Crippen LogP contribution in [-0.2, 0) is 6.61 Å². The van der Waals surface area contributed by atoms with Crippen molar-refractivity contribution >= 4 is 34.2 Å². The van der Waals surface area contributed by atoms with Crippen molar-refractivity contribution in [3.05, 3.63) is 56.0 Å². The summed E-state index contributed by atoms with van der Waals surface area (Å²) in [6.07, 6.45) is 0. The second-order valence-corrected chi connectivity index (χ2v) is 5.29. The summed E-state index contributed by atoms with van der Waals surface area (Å²) in [5.74, 6) is -0.142. The van der Waals surface area contributed by atoms with E-state index in [4.69, 9.17) is 21.6 Å². The van der Waals surface area contributed by atoms with Crippen LogP contribution in [0.2, 0.25) is 5.15 Å². The van der Waals surface area contributed by atoms with E-state index >= 15 is 0 Å². The molecule has 0 fully saturated rings. The summed E-state index contributed by atoms with van der Waals surface area (Å²) in [6.45, 7) is 0.0287. The van der Waals surface area contributed by atoms with Gasteiger partial charge in [-0.25, -0.2) is 9.37 Å². The SMILES string of the molecule is N#Cc1ccc(COc2cc(I)cc(Cl)n2)c(F)c1. The number of nitrogens with zero attached hydrogens (tertiary/aromatic N) is 2. The monoisotopic (exact) mass is 388 g/mol. The number of benzene rings is 1. The minimum absolute atomic E-state index is 0.0287. The molecule has 2 aromatic rings. The van der Waals surface area contributed by atoms with E-state index in [1.54, 1.807) is 12.1 Å². The fourth-order valence-electron chi connectivity index (χ4n) is 1.40. The van der Waals surface area contributed by atoms with E-state index in [2.05, 4.69) is 27.6 Å². The molecule has 0 aliphatic rings. The number of hydrogen-bond donors (Lipinski definition) is 0. The molecule has 0 amide bonds.